The van der Waals surface area contributed by atoms with Crippen molar-refractivity contribution in [2.24, 2.45) is 0 Å². The number of carbonyl (C=O) groups is 1. The van der Waals surface area contributed by atoms with Crippen molar-refractivity contribution in [1.82, 2.24) is 4.90 Å². The molecule has 0 aliphatic heterocycles. The van der Waals surface area contributed by atoms with Gasteiger partial charge in [0.15, 0.2) is 0 Å². The molecule has 2 N–H and O–H groups in total. The molecule has 0 heterocycles. The quantitative estimate of drug-likeness (QED) is 0.887. The number of nitrogens with zero attached hydrogens (tertiary/aromatic N) is 1. The van der Waals surface area contributed by atoms with Gasteiger partial charge in [0, 0.05) is 12.2 Å². The number of benzene rings is 2. The van der Waals surface area contributed by atoms with Gasteiger partial charge < -0.3 is 20.1 Å². The number of methoxy groups -OCH3 is 1. The maximum atomic E-state index is 12.7. The van der Waals surface area contributed by atoms with Gasteiger partial charge >= 0.3 is 6.03 Å². The number of aryl methyl sites for hydroxylation is 1. The minimum absolute atomic E-state index is 0.00611. The Bertz CT molecular complexity index is 700. The van der Waals surface area contributed by atoms with Gasteiger partial charge in [0.2, 0.25) is 0 Å². The van der Waals surface area contributed by atoms with E-state index in [-0.39, 0.29) is 18.7 Å². The van der Waals surface area contributed by atoms with E-state index in [1.54, 1.807) is 36.3 Å². The molecule has 3 rings (SSSR count). The smallest absolute Gasteiger partial charge is 0.322 e. The normalized spacial score (nSPS) is 15.7. The average Bonchev–Trinajstić information content (AvgIpc) is 3.04. The van der Waals surface area contributed by atoms with Gasteiger partial charge in [0.25, 0.3) is 0 Å². The lowest BCUT2D eigenvalue weighted by Gasteiger charge is -2.29. The maximum absolute atomic E-state index is 12.7. The second-order valence-corrected chi connectivity index (χ2v) is 5.83. The Hall–Kier alpha value is -2.53. The number of aliphatic hydroxyl groups excluding tert-OH is 1. The van der Waals surface area contributed by atoms with Crippen LogP contribution in [0.1, 0.15) is 23.6 Å². The molecule has 0 saturated heterocycles. The third kappa shape index (κ3) is 3.36. The Kier molecular flexibility index (Phi) is 5.01. The van der Waals surface area contributed by atoms with Crippen LogP contribution in [0.3, 0.4) is 0 Å². The van der Waals surface area contributed by atoms with E-state index < -0.39 is 0 Å². The Balaban J connectivity index is 1.76. The summed E-state index contributed by atoms with van der Waals surface area (Å²) in [5.74, 6) is 0.741. The number of fused-ring (bicyclic) bond motifs is 1. The first-order valence-corrected chi connectivity index (χ1v) is 8.13. The van der Waals surface area contributed by atoms with Crippen LogP contribution in [0, 0.1) is 0 Å². The summed E-state index contributed by atoms with van der Waals surface area (Å²) in [6, 6.07) is 15.2. The summed E-state index contributed by atoms with van der Waals surface area (Å²) in [6.07, 6.45) is 1.84. The molecule has 1 aliphatic rings. The Morgan fingerprint density at radius 3 is 2.71 bits per heavy atom. The Morgan fingerprint density at radius 2 is 2.00 bits per heavy atom. The highest BCUT2D eigenvalue weighted by atomic mass is 16.5. The van der Waals surface area contributed by atoms with E-state index in [0.717, 1.165) is 18.6 Å². The van der Waals surface area contributed by atoms with E-state index in [9.17, 15) is 9.90 Å². The zero-order chi connectivity index (χ0) is 16.9. The van der Waals surface area contributed by atoms with Crippen molar-refractivity contribution in [3.8, 4) is 5.75 Å². The van der Waals surface area contributed by atoms with Crippen molar-refractivity contribution in [1.29, 1.82) is 0 Å². The van der Waals surface area contributed by atoms with Crippen molar-refractivity contribution in [3.05, 3.63) is 59.7 Å². The van der Waals surface area contributed by atoms with E-state index in [4.69, 9.17) is 4.74 Å². The second-order valence-electron chi connectivity index (χ2n) is 5.83. The number of amides is 2. The van der Waals surface area contributed by atoms with Gasteiger partial charge in [-0.3, -0.25) is 0 Å². The van der Waals surface area contributed by atoms with E-state index in [0.29, 0.717) is 12.2 Å². The van der Waals surface area contributed by atoms with Crippen LogP contribution in [-0.4, -0.2) is 36.3 Å². The molecule has 0 radical (unpaired) electrons. The zero-order valence-electron chi connectivity index (χ0n) is 13.7. The molecule has 5 heteroatoms. The predicted molar refractivity (Wildman–Crippen MR) is 93.3 cm³/mol. The number of rotatable bonds is 5. The molecule has 0 spiro atoms. The molecule has 2 amide bonds. The summed E-state index contributed by atoms with van der Waals surface area (Å²) in [5, 5.41) is 12.3. The molecule has 1 aliphatic carbocycles. The summed E-state index contributed by atoms with van der Waals surface area (Å²) in [7, 11) is 1.61. The number of hydrogen-bond donors (Lipinski definition) is 2. The predicted octanol–water partition coefficient (Wildman–Crippen LogP) is 3.21. The van der Waals surface area contributed by atoms with Crippen molar-refractivity contribution in [3.63, 3.8) is 0 Å². The van der Waals surface area contributed by atoms with Crippen LogP contribution in [-0.2, 0) is 6.42 Å². The molecule has 0 aromatic heterocycles. The van der Waals surface area contributed by atoms with Crippen LogP contribution >= 0.6 is 0 Å². The highest BCUT2D eigenvalue weighted by molar-refractivity contribution is 5.89. The number of ether oxygens (including phenoxy) is 1. The summed E-state index contributed by atoms with van der Waals surface area (Å²) in [4.78, 5) is 14.4. The summed E-state index contributed by atoms with van der Waals surface area (Å²) < 4.78 is 5.12. The molecule has 2 aromatic carbocycles. The molecular weight excluding hydrogens is 304 g/mol. The van der Waals surface area contributed by atoms with Crippen LogP contribution in [0.25, 0.3) is 0 Å². The molecule has 1 atom stereocenters. The molecule has 0 saturated carbocycles. The fraction of sp³-hybridized carbons (Fsp3) is 0.316. The number of aliphatic hydroxyl groups is 1. The van der Waals surface area contributed by atoms with Gasteiger partial charge in [0.1, 0.15) is 5.75 Å². The number of carbonyl (C=O) groups excluding carboxylic acids is 1. The lowest BCUT2D eigenvalue weighted by atomic mass is 10.1. The largest absolute Gasteiger partial charge is 0.497 e. The fourth-order valence-corrected chi connectivity index (χ4v) is 3.23. The van der Waals surface area contributed by atoms with Crippen molar-refractivity contribution in [2.45, 2.75) is 18.9 Å². The molecule has 0 bridgehead atoms. The van der Waals surface area contributed by atoms with Gasteiger partial charge in [-0.1, -0.05) is 24.3 Å². The highest BCUT2D eigenvalue weighted by Gasteiger charge is 2.30. The van der Waals surface area contributed by atoms with E-state index in [1.807, 2.05) is 12.1 Å². The Labute approximate surface area is 141 Å². The van der Waals surface area contributed by atoms with Crippen LogP contribution in [0.15, 0.2) is 48.5 Å². The Morgan fingerprint density at radius 1 is 1.25 bits per heavy atom. The summed E-state index contributed by atoms with van der Waals surface area (Å²) >= 11 is 0. The number of anilines is 1. The number of nitrogens with one attached hydrogen (secondary N) is 1. The van der Waals surface area contributed by atoms with Crippen molar-refractivity contribution < 1.29 is 14.6 Å². The molecule has 1 unspecified atom stereocenters. The molecule has 126 valence electrons. The second kappa shape index (κ2) is 7.36. The van der Waals surface area contributed by atoms with Gasteiger partial charge in [-0.25, -0.2) is 4.79 Å². The summed E-state index contributed by atoms with van der Waals surface area (Å²) in [5.41, 5.74) is 3.16. The highest BCUT2D eigenvalue weighted by Crippen LogP contribution is 2.35. The van der Waals surface area contributed by atoms with E-state index in [2.05, 4.69) is 17.4 Å². The first-order valence-electron chi connectivity index (χ1n) is 8.13. The van der Waals surface area contributed by atoms with Crippen LogP contribution in [0.4, 0.5) is 10.5 Å². The number of urea groups is 1. The van der Waals surface area contributed by atoms with E-state index in [1.165, 1.54) is 11.1 Å². The van der Waals surface area contributed by atoms with Crippen molar-refractivity contribution >= 4 is 11.7 Å². The minimum Gasteiger partial charge on any atom is -0.497 e. The average molecular weight is 326 g/mol. The van der Waals surface area contributed by atoms with Crippen LogP contribution in [0.5, 0.6) is 5.75 Å². The lowest BCUT2D eigenvalue weighted by molar-refractivity contribution is 0.162. The molecule has 0 fully saturated rings. The van der Waals surface area contributed by atoms with Gasteiger partial charge in [-0.15, -0.1) is 0 Å². The zero-order valence-corrected chi connectivity index (χ0v) is 13.7. The minimum atomic E-state index is -0.198. The molecule has 24 heavy (non-hydrogen) atoms. The fourth-order valence-electron chi connectivity index (χ4n) is 3.23. The van der Waals surface area contributed by atoms with E-state index >= 15 is 0 Å². The third-order valence-corrected chi connectivity index (χ3v) is 4.42. The SMILES string of the molecule is COc1ccc(NC(=O)N(CCO)C2CCc3ccccc32)cc1. The first-order chi connectivity index (χ1) is 11.7. The standard InChI is InChI=1S/C19H22N2O3/c1-24-16-9-7-15(8-10-16)20-19(23)21(12-13-22)18-11-6-14-4-2-3-5-17(14)18/h2-5,7-10,18,22H,6,11-13H2,1H3,(H,20,23). The molecule has 5 nitrogen and oxygen atoms in total. The van der Waals surface area contributed by atoms with Crippen molar-refractivity contribution in [2.75, 3.05) is 25.6 Å². The van der Waals surface area contributed by atoms with Crippen LogP contribution in [0.2, 0.25) is 0 Å². The van der Waals surface area contributed by atoms with Crippen LogP contribution < -0.4 is 10.1 Å². The maximum Gasteiger partial charge on any atom is 0.322 e. The van der Waals surface area contributed by atoms with Gasteiger partial charge in [-0.05, 0) is 48.2 Å². The topological polar surface area (TPSA) is 61.8 Å². The first kappa shape index (κ1) is 16.3. The summed E-state index contributed by atoms with van der Waals surface area (Å²) in [6.45, 7) is 0.246. The van der Waals surface area contributed by atoms with Gasteiger partial charge in [0.05, 0.1) is 19.8 Å². The lowest BCUT2D eigenvalue weighted by Crippen LogP contribution is -2.39. The third-order valence-electron chi connectivity index (χ3n) is 4.42. The monoisotopic (exact) mass is 326 g/mol. The number of hydrogen-bond acceptors (Lipinski definition) is 3. The van der Waals surface area contributed by atoms with Gasteiger partial charge in [-0.2, -0.15) is 0 Å². The molecule has 2 aromatic rings. The molecular formula is C19H22N2O3.